The number of fused-ring (bicyclic) bond motifs is 1. The van der Waals surface area contributed by atoms with Crippen LogP contribution in [0, 0.1) is 0 Å². The van der Waals surface area contributed by atoms with Gasteiger partial charge in [-0.15, -0.1) is 0 Å². The Morgan fingerprint density at radius 1 is 1.50 bits per heavy atom. The van der Waals surface area contributed by atoms with Crippen molar-refractivity contribution in [2.45, 2.75) is 12.0 Å². The van der Waals surface area contributed by atoms with Gasteiger partial charge < -0.3 is 19.8 Å². The highest BCUT2D eigenvalue weighted by atomic mass is 79.9. The van der Waals surface area contributed by atoms with E-state index in [0.29, 0.717) is 28.8 Å². The second-order valence-electron chi connectivity index (χ2n) is 3.93. The first-order valence-electron chi connectivity index (χ1n) is 5.36. The van der Waals surface area contributed by atoms with E-state index in [1.54, 1.807) is 6.07 Å². The van der Waals surface area contributed by atoms with Crippen LogP contribution in [0.1, 0.15) is 22.5 Å². The molecule has 1 atom stereocenters. The van der Waals surface area contributed by atoms with E-state index in [1.165, 1.54) is 14.2 Å². The number of ether oxygens (including phenoxy) is 2. The van der Waals surface area contributed by atoms with Crippen molar-refractivity contribution in [2.75, 3.05) is 20.8 Å². The molecule has 1 aliphatic rings. The Kier molecular flexibility index (Phi) is 3.45. The van der Waals surface area contributed by atoms with Gasteiger partial charge in [0.1, 0.15) is 5.69 Å². The first kappa shape index (κ1) is 13.1. The molecule has 6 nitrogen and oxygen atoms in total. The van der Waals surface area contributed by atoms with Crippen molar-refractivity contribution in [3.05, 3.63) is 21.9 Å². The minimum atomic E-state index is -1.26. The van der Waals surface area contributed by atoms with Gasteiger partial charge in [0.25, 0.3) is 5.91 Å². The number of amides is 1. The molecular weight excluding hydrogens is 304 g/mol. The van der Waals surface area contributed by atoms with Crippen LogP contribution in [0.25, 0.3) is 0 Å². The van der Waals surface area contributed by atoms with Crippen LogP contribution < -0.4 is 5.32 Å². The van der Waals surface area contributed by atoms with Crippen LogP contribution in [0.5, 0.6) is 0 Å². The van der Waals surface area contributed by atoms with Gasteiger partial charge in [-0.25, -0.2) is 4.79 Å². The lowest BCUT2D eigenvalue weighted by Gasteiger charge is -2.27. The molecule has 0 aliphatic carbocycles. The number of methoxy groups -OCH3 is 2. The summed E-state index contributed by atoms with van der Waals surface area (Å²) >= 11 is 3.25. The van der Waals surface area contributed by atoms with E-state index in [1.807, 2.05) is 0 Å². The summed E-state index contributed by atoms with van der Waals surface area (Å²) in [5.41, 5.74) is -0.462. The molecule has 2 rings (SSSR count). The van der Waals surface area contributed by atoms with E-state index in [-0.39, 0.29) is 5.91 Å². The summed E-state index contributed by atoms with van der Waals surface area (Å²) in [6.45, 7) is 0.335. The van der Waals surface area contributed by atoms with Gasteiger partial charge in [0.2, 0.25) is 0 Å². The van der Waals surface area contributed by atoms with Crippen LogP contribution in [0.3, 0.4) is 0 Å². The fourth-order valence-electron chi connectivity index (χ4n) is 2.17. The predicted octanol–water partition coefficient (Wildman–Crippen LogP) is 0.925. The molecule has 2 N–H and O–H groups in total. The van der Waals surface area contributed by atoms with Crippen LogP contribution >= 0.6 is 15.9 Å². The Morgan fingerprint density at radius 3 is 2.83 bits per heavy atom. The summed E-state index contributed by atoms with van der Waals surface area (Å²) in [7, 11) is 2.72. The number of carbonyl (C=O) groups excluding carboxylic acids is 2. The zero-order valence-corrected chi connectivity index (χ0v) is 11.6. The Balaban J connectivity index is 2.63. The third kappa shape index (κ3) is 1.83. The number of hydrogen-bond donors (Lipinski definition) is 2. The standard InChI is InChI=1S/C11H13BrN2O4/c1-17-10(16)11(18-2)3-4-13-9(15)8-6(11)5-7(12)14-8/h5,14H,3-4H2,1-2H3,(H,13,15)/t11-/m1/s1. The minimum Gasteiger partial charge on any atom is -0.467 e. The highest BCUT2D eigenvalue weighted by Gasteiger charge is 2.46. The number of halogens is 1. The monoisotopic (exact) mass is 316 g/mol. The molecule has 0 fully saturated rings. The minimum absolute atomic E-state index is 0.265. The molecule has 0 saturated heterocycles. The van der Waals surface area contributed by atoms with E-state index in [9.17, 15) is 9.59 Å². The lowest BCUT2D eigenvalue weighted by molar-refractivity contribution is -0.168. The molecule has 0 bridgehead atoms. The molecule has 0 aromatic carbocycles. The average Bonchev–Trinajstić information content (AvgIpc) is 2.71. The van der Waals surface area contributed by atoms with Crippen LogP contribution in [0.2, 0.25) is 0 Å². The largest absolute Gasteiger partial charge is 0.467 e. The zero-order valence-electron chi connectivity index (χ0n) is 10.0. The van der Waals surface area contributed by atoms with Crippen LogP contribution in [0.4, 0.5) is 0 Å². The van der Waals surface area contributed by atoms with Gasteiger partial charge in [0, 0.05) is 25.6 Å². The molecular formula is C11H13BrN2O4. The first-order valence-corrected chi connectivity index (χ1v) is 6.15. The zero-order chi connectivity index (χ0) is 13.3. The van der Waals surface area contributed by atoms with Gasteiger partial charge in [-0.1, -0.05) is 0 Å². The summed E-state index contributed by atoms with van der Waals surface area (Å²) in [6, 6.07) is 1.67. The molecule has 98 valence electrons. The highest BCUT2D eigenvalue weighted by molar-refractivity contribution is 9.10. The summed E-state index contributed by atoms with van der Waals surface area (Å²) in [6.07, 6.45) is 0.319. The molecule has 18 heavy (non-hydrogen) atoms. The van der Waals surface area contributed by atoms with Gasteiger partial charge in [0.15, 0.2) is 5.60 Å². The Morgan fingerprint density at radius 2 is 2.22 bits per heavy atom. The molecule has 1 aromatic rings. The number of nitrogens with one attached hydrogen (secondary N) is 2. The number of rotatable bonds is 2. The third-order valence-corrected chi connectivity index (χ3v) is 3.50. The summed E-state index contributed by atoms with van der Waals surface area (Å²) in [4.78, 5) is 26.8. The third-order valence-electron chi connectivity index (χ3n) is 3.07. The SMILES string of the molecule is COC(=O)[C@@]1(OC)CCNC(=O)c2[nH]c(Br)cc21. The van der Waals surface area contributed by atoms with Crippen molar-refractivity contribution in [2.24, 2.45) is 0 Å². The van der Waals surface area contributed by atoms with Crippen LogP contribution in [-0.4, -0.2) is 37.6 Å². The maximum Gasteiger partial charge on any atom is 0.342 e. The van der Waals surface area contributed by atoms with Gasteiger partial charge >= 0.3 is 5.97 Å². The lowest BCUT2D eigenvalue weighted by Crippen LogP contribution is -2.40. The van der Waals surface area contributed by atoms with Crippen molar-refractivity contribution in [1.29, 1.82) is 0 Å². The van der Waals surface area contributed by atoms with Crippen molar-refractivity contribution in [1.82, 2.24) is 10.3 Å². The molecule has 0 spiro atoms. The molecule has 1 aliphatic heterocycles. The Bertz CT molecular complexity index is 499. The van der Waals surface area contributed by atoms with Crippen LogP contribution in [0.15, 0.2) is 10.7 Å². The van der Waals surface area contributed by atoms with E-state index in [0.717, 1.165) is 0 Å². The molecule has 7 heteroatoms. The van der Waals surface area contributed by atoms with Crippen molar-refractivity contribution >= 4 is 27.8 Å². The summed E-state index contributed by atoms with van der Waals surface area (Å²) < 4.78 is 10.8. The molecule has 1 amide bonds. The Hall–Kier alpha value is -1.34. The molecule has 0 radical (unpaired) electrons. The second kappa shape index (κ2) is 4.74. The highest BCUT2D eigenvalue weighted by Crippen LogP contribution is 2.36. The molecule has 2 heterocycles. The van der Waals surface area contributed by atoms with Crippen LogP contribution in [-0.2, 0) is 19.9 Å². The topological polar surface area (TPSA) is 80.4 Å². The number of esters is 1. The van der Waals surface area contributed by atoms with Crippen molar-refractivity contribution in [3.8, 4) is 0 Å². The maximum absolute atomic E-state index is 12.0. The van der Waals surface area contributed by atoms with Gasteiger partial charge in [-0.3, -0.25) is 4.79 Å². The number of H-pyrrole nitrogens is 1. The number of hydrogen-bond acceptors (Lipinski definition) is 4. The van der Waals surface area contributed by atoms with E-state index in [4.69, 9.17) is 9.47 Å². The Labute approximate surface area is 112 Å². The van der Waals surface area contributed by atoms with Crippen molar-refractivity contribution in [3.63, 3.8) is 0 Å². The fourth-order valence-corrected chi connectivity index (χ4v) is 2.59. The summed E-state index contributed by atoms with van der Waals surface area (Å²) in [5.74, 6) is -0.784. The predicted molar refractivity (Wildman–Crippen MR) is 66.1 cm³/mol. The number of aromatic nitrogens is 1. The van der Waals surface area contributed by atoms with E-state index >= 15 is 0 Å². The molecule has 1 aromatic heterocycles. The second-order valence-corrected chi connectivity index (χ2v) is 4.79. The fraction of sp³-hybridized carbons (Fsp3) is 0.455. The van der Waals surface area contributed by atoms with Gasteiger partial charge in [-0.05, 0) is 22.0 Å². The number of carbonyl (C=O) groups is 2. The normalized spacial score (nSPS) is 22.9. The van der Waals surface area contributed by atoms with Gasteiger partial charge in [-0.2, -0.15) is 0 Å². The van der Waals surface area contributed by atoms with E-state index in [2.05, 4.69) is 26.2 Å². The van der Waals surface area contributed by atoms with Crippen molar-refractivity contribution < 1.29 is 19.1 Å². The molecule has 0 saturated carbocycles. The van der Waals surface area contributed by atoms with Gasteiger partial charge in [0.05, 0.1) is 11.7 Å². The summed E-state index contributed by atoms with van der Waals surface area (Å²) in [5, 5.41) is 2.70. The average molecular weight is 317 g/mol. The lowest BCUT2D eigenvalue weighted by atomic mass is 9.91. The van der Waals surface area contributed by atoms with E-state index < -0.39 is 11.6 Å². The first-order chi connectivity index (χ1) is 8.55. The maximum atomic E-state index is 12.0. The molecule has 0 unspecified atom stereocenters. The quantitative estimate of drug-likeness (QED) is 0.795. The smallest absolute Gasteiger partial charge is 0.342 e. The number of aromatic amines is 1.